The molecule has 2 aromatic carbocycles. The van der Waals surface area contributed by atoms with E-state index in [1.54, 1.807) is 6.26 Å². The Hall–Kier alpha value is -2.83. The van der Waals surface area contributed by atoms with Crippen LogP contribution < -0.4 is 16.2 Å². The number of ether oxygens (including phenoxy) is 1. The molecule has 2 unspecified atom stereocenters. The molecule has 0 saturated heterocycles. The minimum atomic E-state index is -0.537. The molecule has 0 aliphatic rings. The van der Waals surface area contributed by atoms with Gasteiger partial charge < -0.3 is 25.7 Å². The van der Waals surface area contributed by atoms with Crippen LogP contribution >= 0.6 is 0 Å². The number of hydrogen-bond acceptors (Lipinski definition) is 6. The number of aromatic nitrogens is 1. The highest BCUT2D eigenvalue weighted by molar-refractivity contribution is 5.63. The van der Waals surface area contributed by atoms with Crippen molar-refractivity contribution in [2.24, 2.45) is 11.5 Å². The summed E-state index contributed by atoms with van der Waals surface area (Å²) in [6.45, 7) is 21.2. The lowest BCUT2D eigenvalue weighted by Gasteiger charge is -2.30. The summed E-state index contributed by atoms with van der Waals surface area (Å²) < 4.78 is 12.2. The molecule has 1 aromatic heterocycles. The average Bonchev–Trinajstić information content (AvgIpc) is 3.31. The number of benzene rings is 2. The molecule has 39 heavy (non-hydrogen) atoms. The summed E-state index contributed by atoms with van der Waals surface area (Å²) in [5, 5.41) is 11.1. The van der Waals surface area contributed by atoms with Crippen LogP contribution in [0.25, 0.3) is 11.5 Å². The van der Waals surface area contributed by atoms with Gasteiger partial charge in [-0.15, -0.1) is 0 Å². The van der Waals surface area contributed by atoms with Crippen molar-refractivity contribution in [1.29, 1.82) is 0 Å². The van der Waals surface area contributed by atoms with Gasteiger partial charge in [0.15, 0.2) is 0 Å². The molecule has 0 fully saturated rings. The summed E-state index contributed by atoms with van der Waals surface area (Å²) in [4.78, 5) is 4.76. The van der Waals surface area contributed by atoms with E-state index < -0.39 is 11.1 Å². The molecule has 214 valence electrons. The van der Waals surface area contributed by atoms with E-state index >= 15 is 0 Å². The van der Waals surface area contributed by atoms with Crippen molar-refractivity contribution in [1.82, 2.24) is 4.98 Å². The molecular formula is C33H49N3O3. The van der Waals surface area contributed by atoms with Gasteiger partial charge in [-0.3, -0.25) is 0 Å². The molecule has 3 rings (SSSR count). The first-order chi connectivity index (χ1) is 17.9. The van der Waals surface area contributed by atoms with Gasteiger partial charge in [0, 0.05) is 39.8 Å². The Balaban J connectivity index is 1.85. The Morgan fingerprint density at radius 3 is 1.90 bits per heavy atom. The maximum Gasteiger partial charge on any atom is 0.226 e. The number of aromatic hydroxyl groups is 1. The van der Waals surface area contributed by atoms with E-state index in [0.29, 0.717) is 24.7 Å². The minimum absolute atomic E-state index is 0.231. The van der Waals surface area contributed by atoms with E-state index in [1.165, 1.54) is 0 Å². The Morgan fingerprint density at radius 1 is 0.821 bits per heavy atom. The van der Waals surface area contributed by atoms with Crippen LogP contribution in [0.1, 0.15) is 110 Å². The minimum Gasteiger partial charge on any atom is -0.507 e. The van der Waals surface area contributed by atoms with Gasteiger partial charge in [-0.2, -0.15) is 0 Å². The predicted octanol–water partition coefficient (Wildman–Crippen LogP) is 7.43. The van der Waals surface area contributed by atoms with Crippen molar-refractivity contribution in [3.8, 4) is 23.0 Å². The summed E-state index contributed by atoms with van der Waals surface area (Å²) in [5.41, 5.74) is 17.2. The molecule has 0 spiro atoms. The SMILES string of the molecule is CCC(C)(N)c1ccc(OCCc2coc(-c3cc(C(C)(C)C)c(O)c(C(C)(C)C)c3)n2)c(C(C)(N)CC)c1. The third kappa shape index (κ3) is 6.85. The number of phenolic OH excluding ortho intramolecular Hbond substituents is 1. The maximum absolute atomic E-state index is 11.1. The molecule has 1 heterocycles. The van der Waals surface area contributed by atoms with E-state index in [9.17, 15) is 5.11 Å². The van der Waals surface area contributed by atoms with Crippen LogP contribution in [0.4, 0.5) is 0 Å². The number of hydrogen-bond donors (Lipinski definition) is 3. The maximum atomic E-state index is 11.1. The third-order valence-corrected chi connectivity index (χ3v) is 7.86. The highest BCUT2D eigenvalue weighted by atomic mass is 16.5. The van der Waals surface area contributed by atoms with Gasteiger partial charge in [0.2, 0.25) is 5.89 Å². The zero-order valence-corrected chi connectivity index (χ0v) is 25.7. The fourth-order valence-electron chi connectivity index (χ4n) is 4.57. The van der Waals surface area contributed by atoms with Crippen LogP contribution in [-0.2, 0) is 28.3 Å². The molecule has 6 nitrogen and oxygen atoms in total. The monoisotopic (exact) mass is 535 g/mol. The Kier molecular flexibility index (Phi) is 8.64. The van der Waals surface area contributed by atoms with E-state index in [1.807, 2.05) is 38.1 Å². The number of rotatable bonds is 9. The van der Waals surface area contributed by atoms with Crippen LogP contribution in [0.2, 0.25) is 0 Å². The molecule has 3 aromatic rings. The van der Waals surface area contributed by atoms with Crippen molar-refractivity contribution in [3.05, 3.63) is 64.5 Å². The van der Waals surface area contributed by atoms with Gasteiger partial charge in [0.1, 0.15) is 17.8 Å². The quantitative estimate of drug-likeness (QED) is 0.263. The molecule has 0 bridgehead atoms. The topological polar surface area (TPSA) is 108 Å². The van der Waals surface area contributed by atoms with Crippen LogP contribution in [0.15, 0.2) is 41.0 Å². The predicted molar refractivity (Wildman–Crippen MR) is 160 cm³/mol. The van der Waals surface area contributed by atoms with Gasteiger partial charge >= 0.3 is 0 Å². The van der Waals surface area contributed by atoms with Crippen LogP contribution in [0, 0.1) is 0 Å². The van der Waals surface area contributed by atoms with Crippen molar-refractivity contribution in [2.75, 3.05) is 6.61 Å². The van der Waals surface area contributed by atoms with Crippen molar-refractivity contribution < 1.29 is 14.3 Å². The van der Waals surface area contributed by atoms with E-state index in [2.05, 4.69) is 61.5 Å². The van der Waals surface area contributed by atoms with E-state index in [4.69, 9.17) is 25.6 Å². The summed E-state index contributed by atoms with van der Waals surface area (Å²) in [7, 11) is 0. The molecule has 0 aliphatic heterocycles. The van der Waals surface area contributed by atoms with Crippen molar-refractivity contribution >= 4 is 0 Å². The average molecular weight is 536 g/mol. The first-order valence-electron chi connectivity index (χ1n) is 14.1. The van der Waals surface area contributed by atoms with Gasteiger partial charge in [0.25, 0.3) is 0 Å². The lowest BCUT2D eigenvalue weighted by atomic mass is 9.78. The lowest BCUT2D eigenvalue weighted by Crippen LogP contribution is -2.35. The normalized spacial score (nSPS) is 15.6. The molecule has 0 saturated carbocycles. The third-order valence-electron chi connectivity index (χ3n) is 7.86. The second-order valence-corrected chi connectivity index (χ2v) is 13.4. The molecule has 0 amide bonds. The van der Waals surface area contributed by atoms with E-state index in [0.717, 1.165) is 52.1 Å². The van der Waals surface area contributed by atoms with Crippen molar-refractivity contribution in [2.45, 2.75) is 110 Å². The Labute approximate surface area is 235 Å². The smallest absolute Gasteiger partial charge is 0.226 e. The molecule has 6 heteroatoms. The molecule has 0 aliphatic carbocycles. The fraction of sp³-hybridized carbons (Fsp3) is 0.545. The largest absolute Gasteiger partial charge is 0.507 e. The highest BCUT2D eigenvalue weighted by Crippen LogP contribution is 2.42. The molecule has 5 N–H and O–H groups in total. The summed E-state index contributed by atoms with van der Waals surface area (Å²) in [5.74, 6) is 1.64. The first-order valence-corrected chi connectivity index (χ1v) is 14.1. The fourth-order valence-corrected chi connectivity index (χ4v) is 4.57. The number of oxazole rings is 1. The first kappa shape index (κ1) is 30.7. The number of phenols is 1. The molecule has 2 atom stereocenters. The highest BCUT2D eigenvalue weighted by Gasteiger charge is 2.29. The number of nitrogens with two attached hydrogens (primary N) is 2. The molecular weight excluding hydrogens is 486 g/mol. The van der Waals surface area contributed by atoms with Crippen molar-refractivity contribution in [3.63, 3.8) is 0 Å². The molecule has 0 radical (unpaired) electrons. The van der Waals surface area contributed by atoms with Gasteiger partial charge in [0.05, 0.1) is 12.3 Å². The standard InChI is InChI=1S/C33H49N3O3/c1-11-32(9,34)22-13-14-27(24(19-22)33(10,35)12-2)38-16-15-23-20-39-29(36-23)21-17-25(30(3,4)5)28(37)26(18-21)31(6,7)8/h13-14,17-20,37H,11-12,15-16,34-35H2,1-10H3. The second-order valence-electron chi connectivity index (χ2n) is 13.4. The Morgan fingerprint density at radius 2 is 1.38 bits per heavy atom. The number of nitrogens with zero attached hydrogens (tertiary/aromatic N) is 1. The van der Waals surface area contributed by atoms with Crippen LogP contribution in [-0.4, -0.2) is 16.7 Å². The summed E-state index contributed by atoms with van der Waals surface area (Å²) >= 11 is 0. The zero-order chi connectivity index (χ0) is 29.4. The second kappa shape index (κ2) is 11.0. The summed E-state index contributed by atoms with van der Waals surface area (Å²) in [6, 6.07) is 10.1. The van der Waals surface area contributed by atoms with Gasteiger partial charge in [-0.25, -0.2) is 4.98 Å². The van der Waals surface area contributed by atoms with Gasteiger partial charge in [-0.05, 0) is 67.3 Å². The van der Waals surface area contributed by atoms with Crippen LogP contribution in [0.3, 0.4) is 0 Å². The van der Waals surface area contributed by atoms with E-state index in [-0.39, 0.29) is 10.8 Å². The van der Waals surface area contributed by atoms with Crippen LogP contribution in [0.5, 0.6) is 11.5 Å². The summed E-state index contributed by atoms with van der Waals surface area (Å²) in [6.07, 6.45) is 3.86. The van der Waals surface area contributed by atoms with Gasteiger partial charge in [-0.1, -0.05) is 61.5 Å². The lowest BCUT2D eigenvalue weighted by molar-refractivity contribution is 0.306. The zero-order valence-electron chi connectivity index (χ0n) is 25.7. The Bertz CT molecular complexity index is 1260.